The largest absolute Gasteiger partial charge is 0.508 e. The van der Waals surface area contributed by atoms with Crippen LogP contribution in [0.2, 0.25) is 0 Å². The van der Waals surface area contributed by atoms with Crippen LogP contribution in [0, 0.1) is 11.8 Å². The molecule has 0 saturated heterocycles. The molecular weight excluding hydrogens is 364 g/mol. The zero-order chi connectivity index (χ0) is 21.2. The van der Waals surface area contributed by atoms with Crippen LogP contribution in [0.5, 0.6) is 0 Å². The van der Waals surface area contributed by atoms with E-state index in [-0.39, 0.29) is 11.7 Å². The molecule has 1 aliphatic heterocycles. The summed E-state index contributed by atoms with van der Waals surface area (Å²) in [6.07, 6.45) is 17.1. The Kier molecular flexibility index (Phi) is 9.30. The van der Waals surface area contributed by atoms with Gasteiger partial charge in [0.15, 0.2) is 6.10 Å². The first-order chi connectivity index (χ1) is 13.9. The highest BCUT2D eigenvalue weighted by atomic mass is 16.6. The summed E-state index contributed by atoms with van der Waals surface area (Å²) in [4.78, 5) is 11.5. The van der Waals surface area contributed by atoms with Crippen LogP contribution in [0.3, 0.4) is 0 Å². The van der Waals surface area contributed by atoms with Gasteiger partial charge in [-0.15, -0.1) is 0 Å². The van der Waals surface area contributed by atoms with Gasteiger partial charge in [0.1, 0.15) is 5.76 Å². The Bertz CT molecular complexity index is 724. The fourth-order valence-corrected chi connectivity index (χ4v) is 3.64. The SMILES string of the molecule is CC(=CC=C[C@@H](C)CCCc1ccoc1)CCC[C@@H](C)C[C@@H]1OC(=O)C(C)=C1O. The maximum absolute atomic E-state index is 11.5. The van der Waals surface area contributed by atoms with E-state index in [1.54, 1.807) is 13.2 Å². The molecule has 4 heteroatoms. The van der Waals surface area contributed by atoms with Gasteiger partial charge in [0.2, 0.25) is 0 Å². The molecule has 1 aromatic rings. The van der Waals surface area contributed by atoms with Gasteiger partial charge in [-0.1, -0.05) is 44.1 Å². The predicted octanol–water partition coefficient (Wildman–Crippen LogP) is 6.69. The van der Waals surface area contributed by atoms with Crippen molar-refractivity contribution in [1.29, 1.82) is 0 Å². The summed E-state index contributed by atoms with van der Waals surface area (Å²) >= 11 is 0. The van der Waals surface area contributed by atoms with Crippen molar-refractivity contribution in [3.8, 4) is 0 Å². The van der Waals surface area contributed by atoms with Crippen molar-refractivity contribution in [2.45, 2.75) is 78.7 Å². The van der Waals surface area contributed by atoms with Crippen molar-refractivity contribution < 1.29 is 19.1 Å². The number of allylic oxidation sites excluding steroid dienone is 4. The molecule has 3 atom stereocenters. The summed E-state index contributed by atoms with van der Waals surface area (Å²) in [6, 6.07) is 2.04. The van der Waals surface area contributed by atoms with Gasteiger partial charge in [-0.25, -0.2) is 4.79 Å². The highest BCUT2D eigenvalue weighted by molar-refractivity contribution is 5.90. The molecule has 0 unspecified atom stereocenters. The van der Waals surface area contributed by atoms with E-state index in [9.17, 15) is 9.90 Å². The molecule has 0 aromatic carbocycles. The Hall–Kier alpha value is -2.23. The standard InChI is InChI=1S/C25H36O4/c1-18(8-5-9-19(2)11-7-13-22-14-15-28-17-22)10-6-12-20(3)16-23-24(26)21(4)25(27)29-23/h5,8-9,14-15,17,19-20,23,26H,6-7,10-13,16H2,1-4H3/t19-,20-,23+/m1/s1. The number of aryl methyl sites for hydroxylation is 1. The van der Waals surface area contributed by atoms with Crippen molar-refractivity contribution in [2.24, 2.45) is 11.8 Å². The summed E-state index contributed by atoms with van der Waals surface area (Å²) in [5, 5.41) is 9.95. The van der Waals surface area contributed by atoms with Gasteiger partial charge in [-0.3, -0.25) is 0 Å². The summed E-state index contributed by atoms with van der Waals surface area (Å²) in [6.45, 7) is 8.21. The Morgan fingerprint density at radius 3 is 2.72 bits per heavy atom. The molecule has 0 fully saturated rings. The van der Waals surface area contributed by atoms with E-state index < -0.39 is 6.10 Å². The molecule has 2 rings (SSSR count). The molecule has 0 bridgehead atoms. The third-order valence-corrected chi connectivity index (χ3v) is 5.65. The highest BCUT2D eigenvalue weighted by Crippen LogP contribution is 2.27. The molecule has 1 aromatic heterocycles. The van der Waals surface area contributed by atoms with Crippen LogP contribution in [-0.2, 0) is 16.0 Å². The fraction of sp³-hybridized carbons (Fsp3) is 0.560. The lowest BCUT2D eigenvalue weighted by Crippen LogP contribution is -2.15. The van der Waals surface area contributed by atoms with Gasteiger partial charge in [0.05, 0.1) is 18.1 Å². The lowest BCUT2D eigenvalue weighted by Gasteiger charge is -2.16. The van der Waals surface area contributed by atoms with E-state index in [0.29, 0.717) is 23.8 Å². The van der Waals surface area contributed by atoms with E-state index in [1.165, 1.54) is 24.0 Å². The molecule has 29 heavy (non-hydrogen) atoms. The average molecular weight is 401 g/mol. The lowest BCUT2D eigenvalue weighted by atomic mass is 9.95. The molecule has 2 heterocycles. The van der Waals surface area contributed by atoms with Crippen molar-refractivity contribution in [1.82, 2.24) is 0 Å². The normalized spacial score (nSPS) is 19.8. The van der Waals surface area contributed by atoms with Crippen LogP contribution in [0.25, 0.3) is 0 Å². The maximum atomic E-state index is 11.5. The smallest absolute Gasteiger partial charge is 0.337 e. The van der Waals surface area contributed by atoms with E-state index in [0.717, 1.165) is 25.7 Å². The van der Waals surface area contributed by atoms with Crippen molar-refractivity contribution in [3.63, 3.8) is 0 Å². The monoisotopic (exact) mass is 400 g/mol. The van der Waals surface area contributed by atoms with E-state index in [1.807, 2.05) is 12.3 Å². The average Bonchev–Trinajstić information content (AvgIpc) is 3.27. The van der Waals surface area contributed by atoms with Crippen LogP contribution in [0.4, 0.5) is 0 Å². The minimum atomic E-state index is -0.452. The molecule has 0 saturated carbocycles. The number of ether oxygens (including phenoxy) is 1. The Morgan fingerprint density at radius 1 is 1.28 bits per heavy atom. The first-order valence-electron chi connectivity index (χ1n) is 10.8. The van der Waals surface area contributed by atoms with Gasteiger partial charge < -0.3 is 14.3 Å². The first kappa shape index (κ1) is 23.1. The molecule has 4 nitrogen and oxygen atoms in total. The van der Waals surface area contributed by atoms with Crippen LogP contribution in [-0.4, -0.2) is 17.2 Å². The van der Waals surface area contributed by atoms with Crippen LogP contribution in [0.1, 0.15) is 71.8 Å². The topological polar surface area (TPSA) is 59.7 Å². The second-order valence-corrected chi connectivity index (χ2v) is 8.54. The number of carbonyl (C=O) groups is 1. The maximum Gasteiger partial charge on any atom is 0.337 e. The predicted molar refractivity (Wildman–Crippen MR) is 117 cm³/mol. The molecular formula is C25H36O4. The van der Waals surface area contributed by atoms with E-state index in [4.69, 9.17) is 9.15 Å². The van der Waals surface area contributed by atoms with E-state index in [2.05, 4.69) is 39.0 Å². The van der Waals surface area contributed by atoms with Crippen LogP contribution in [0.15, 0.2) is 58.1 Å². The fourth-order valence-electron chi connectivity index (χ4n) is 3.64. The Morgan fingerprint density at radius 2 is 2.07 bits per heavy atom. The summed E-state index contributed by atoms with van der Waals surface area (Å²) in [5.41, 5.74) is 3.01. The van der Waals surface area contributed by atoms with Gasteiger partial charge in [0.25, 0.3) is 0 Å². The minimum Gasteiger partial charge on any atom is -0.508 e. The third-order valence-electron chi connectivity index (χ3n) is 5.65. The number of cyclic esters (lactones) is 1. The second kappa shape index (κ2) is 11.7. The van der Waals surface area contributed by atoms with Crippen molar-refractivity contribution in [2.75, 3.05) is 0 Å². The Balaban J connectivity index is 1.60. The second-order valence-electron chi connectivity index (χ2n) is 8.54. The van der Waals surface area contributed by atoms with Gasteiger partial charge in [-0.2, -0.15) is 0 Å². The molecule has 160 valence electrons. The molecule has 0 spiro atoms. The first-order valence-corrected chi connectivity index (χ1v) is 10.8. The molecule has 0 radical (unpaired) electrons. The summed E-state index contributed by atoms with van der Waals surface area (Å²) in [5.74, 6) is 0.701. The van der Waals surface area contributed by atoms with Crippen molar-refractivity contribution >= 4 is 5.97 Å². The lowest BCUT2D eigenvalue weighted by molar-refractivity contribution is -0.140. The molecule has 0 amide bonds. The number of esters is 1. The number of rotatable bonds is 12. The molecule has 1 N–H and O–H groups in total. The number of hydrogen-bond acceptors (Lipinski definition) is 4. The molecule has 1 aliphatic rings. The van der Waals surface area contributed by atoms with Gasteiger partial charge >= 0.3 is 5.97 Å². The molecule has 0 aliphatic carbocycles. The van der Waals surface area contributed by atoms with Crippen LogP contribution < -0.4 is 0 Å². The number of furan rings is 1. The van der Waals surface area contributed by atoms with Gasteiger partial charge in [-0.05, 0) is 75.8 Å². The van der Waals surface area contributed by atoms with Crippen LogP contribution >= 0.6 is 0 Å². The quantitative estimate of drug-likeness (QED) is 0.313. The number of carbonyl (C=O) groups excluding carboxylic acids is 1. The Labute approximate surface area is 175 Å². The summed E-state index contributed by atoms with van der Waals surface area (Å²) < 4.78 is 10.3. The highest BCUT2D eigenvalue weighted by Gasteiger charge is 2.32. The number of aliphatic hydroxyl groups is 1. The van der Waals surface area contributed by atoms with Gasteiger partial charge in [0, 0.05) is 0 Å². The van der Waals surface area contributed by atoms with Crippen molar-refractivity contribution in [3.05, 3.63) is 59.3 Å². The van der Waals surface area contributed by atoms with E-state index >= 15 is 0 Å². The third kappa shape index (κ3) is 7.96. The summed E-state index contributed by atoms with van der Waals surface area (Å²) in [7, 11) is 0. The zero-order valence-electron chi connectivity index (χ0n) is 18.3. The number of aliphatic hydroxyl groups excluding tert-OH is 1. The minimum absolute atomic E-state index is 0.113. The zero-order valence-corrected chi connectivity index (χ0v) is 18.3. The number of hydrogen-bond donors (Lipinski definition) is 1.